The van der Waals surface area contributed by atoms with Crippen molar-refractivity contribution in [1.29, 1.82) is 0 Å². The summed E-state index contributed by atoms with van der Waals surface area (Å²) in [5.41, 5.74) is 0.850. The second kappa shape index (κ2) is 6.78. The van der Waals surface area contributed by atoms with Gasteiger partial charge in [-0.2, -0.15) is 0 Å². The molecule has 2 N–H and O–H groups in total. The molecule has 112 valence electrons. The molecule has 0 aliphatic rings. The van der Waals surface area contributed by atoms with Crippen molar-refractivity contribution in [3.63, 3.8) is 0 Å². The largest absolute Gasteiger partial charge is 0.503 e. The Hall–Kier alpha value is 0.240. The van der Waals surface area contributed by atoms with Crippen molar-refractivity contribution in [3.05, 3.63) is 40.1 Å². The lowest BCUT2D eigenvalue weighted by molar-refractivity contribution is 0.380. The van der Waals surface area contributed by atoms with E-state index in [4.69, 9.17) is 4.74 Å². The normalized spacial score (nSPS) is 10.8. The van der Waals surface area contributed by atoms with Crippen LogP contribution in [0.25, 0.3) is 0 Å². The molecule has 3 nitrogen and oxygen atoms in total. The molecule has 2 aromatic rings. The first-order chi connectivity index (χ1) is 9.73. The fourth-order valence-corrected chi connectivity index (χ4v) is 4.34. The van der Waals surface area contributed by atoms with Crippen LogP contribution in [0.5, 0.6) is 23.0 Å². The maximum Gasteiger partial charge on any atom is 0.184 e. The second-order valence-corrected chi connectivity index (χ2v) is 8.23. The highest BCUT2D eigenvalue weighted by Gasteiger charge is 2.21. The summed E-state index contributed by atoms with van der Waals surface area (Å²) in [5.74, 6) is 0.291. The summed E-state index contributed by atoms with van der Waals surface area (Å²) in [4.78, 5) is 0. The highest BCUT2D eigenvalue weighted by atomic mass is 79.9. The van der Waals surface area contributed by atoms with Gasteiger partial charge >= 0.3 is 0 Å². The van der Waals surface area contributed by atoms with E-state index in [0.29, 0.717) is 13.4 Å². The van der Waals surface area contributed by atoms with Gasteiger partial charge in [0.15, 0.2) is 23.0 Å². The fraction of sp³-hybridized carbons (Fsp3) is 0.0769. The average Bonchev–Trinajstić information content (AvgIpc) is 2.44. The van der Waals surface area contributed by atoms with Crippen LogP contribution in [0.15, 0.2) is 34.5 Å². The van der Waals surface area contributed by atoms with Gasteiger partial charge in [0.25, 0.3) is 0 Å². The van der Waals surface area contributed by atoms with Crippen molar-refractivity contribution in [3.8, 4) is 23.0 Å². The van der Waals surface area contributed by atoms with Crippen molar-refractivity contribution < 1.29 is 14.9 Å². The van der Waals surface area contributed by atoms with Crippen LogP contribution in [0.4, 0.5) is 0 Å². The monoisotopic (exact) mass is 606 g/mol. The predicted octanol–water partition coefficient (Wildman–Crippen LogP) is 7.01. The number of ether oxygens (including phenoxy) is 1. The van der Waals surface area contributed by atoms with Gasteiger partial charge in [0, 0.05) is 8.95 Å². The minimum Gasteiger partial charge on any atom is -0.503 e. The van der Waals surface area contributed by atoms with E-state index in [0.717, 1.165) is 14.5 Å². The number of aromatic hydroxyl groups is 2. The van der Waals surface area contributed by atoms with E-state index >= 15 is 0 Å². The Bertz CT molecular complexity index is 701. The number of phenolic OH excluding ortho intramolecular Hbond substituents is 2. The molecule has 0 fully saturated rings. The molecule has 0 unspecified atom stereocenters. The van der Waals surface area contributed by atoms with Crippen LogP contribution in [-0.4, -0.2) is 10.2 Å². The van der Waals surface area contributed by atoms with Crippen LogP contribution < -0.4 is 4.74 Å². The molecule has 0 bridgehead atoms. The Labute approximate surface area is 163 Å². The smallest absolute Gasteiger partial charge is 0.184 e. The molecule has 0 atom stereocenters. The van der Waals surface area contributed by atoms with Gasteiger partial charge < -0.3 is 14.9 Å². The van der Waals surface area contributed by atoms with E-state index in [2.05, 4.69) is 79.6 Å². The van der Waals surface area contributed by atoms with Gasteiger partial charge in [0.1, 0.15) is 0 Å². The Morgan fingerprint density at radius 1 is 0.857 bits per heavy atom. The zero-order valence-electron chi connectivity index (χ0n) is 10.3. The Kier molecular flexibility index (Phi) is 5.68. The van der Waals surface area contributed by atoms with E-state index in [1.54, 1.807) is 12.1 Å². The van der Waals surface area contributed by atoms with Gasteiger partial charge in [-0.25, -0.2) is 0 Å². The van der Waals surface area contributed by atoms with E-state index < -0.39 is 0 Å². The lowest BCUT2D eigenvalue weighted by Crippen LogP contribution is -1.92. The molecule has 0 heterocycles. The maximum absolute atomic E-state index is 10.2. The molecular weight excluding hydrogens is 604 g/mol. The Morgan fingerprint density at radius 3 is 2.10 bits per heavy atom. The topological polar surface area (TPSA) is 49.7 Å². The third-order valence-electron chi connectivity index (χ3n) is 2.68. The van der Waals surface area contributed by atoms with E-state index in [-0.39, 0.29) is 23.0 Å². The van der Waals surface area contributed by atoms with E-state index in [1.807, 2.05) is 6.92 Å². The van der Waals surface area contributed by atoms with E-state index in [1.165, 1.54) is 0 Å². The summed E-state index contributed by atoms with van der Waals surface area (Å²) in [6.45, 7) is 1.86. The molecule has 0 radical (unpaired) electrons. The summed E-state index contributed by atoms with van der Waals surface area (Å²) in [6, 6.07) is 3.30. The standard InChI is InChI=1S/C13H7Br5O3/c1-4-8(16)10(18)12(20)13(9(4)17)21-7-3-5(14)2-6(15)11(7)19/h2-3,19-20H,1H3. The lowest BCUT2D eigenvalue weighted by Gasteiger charge is -2.16. The number of hydrogen-bond donors (Lipinski definition) is 2. The fourth-order valence-electron chi connectivity index (χ4n) is 1.56. The predicted molar refractivity (Wildman–Crippen MR) is 99.5 cm³/mol. The Morgan fingerprint density at radius 2 is 1.48 bits per heavy atom. The number of benzene rings is 2. The van der Waals surface area contributed by atoms with Crippen molar-refractivity contribution in [2.24, 2.45) is 0 Å². The molecule has 0 amide bonds. The zero-order valence-corrected chi connectivity index (χ0v) is 18.3. The summed E-state index contributed by atoms with van der Waals surface area (Å²) in [7, 11) is 0. The average molecular weight is 611 g/mol. The molecular formula is C13H7Br5O3. The van der Waals surface area contributed by atoms with Gasteiger partial charge in [-0.3, -0.25) is 0 Å². The van der Waals surface area contributed by atoms with Crippen molar-refractivity contribution in [2.45, 2.75) is 6.92 Å². The van der Waals surface area contributed by atoms with Crippen molar-refractivity contribution in [2.75, 3.05) is 0 Å². The molecule has 2 aromatic carbocycles. The van der Waals surface area contributed by atoms with Gasteiger partial charge in [0.05, 0.1) is 13.4 Å². The third kappa shape index (κ3) is 3.44. The van der Waals surface area contributed by atoms with Crippen LogP contribution in [0.1, 0.15) is 5.56 Å². The number of halogens is 5. The molecule has 0 aliphatic heterocycles. The van der Waals surface area contributed by atoms with Crippen LogP contribution in [-0.2, 0) is 0 Å². The summed E-state index contributed by atoms with van der Waals surface area (Å²) < 4.78 is 8.69. The van der Waals surface area contributed by atoms with Gasteiger partial charge in [-0.1, -0.05) is 15.9 Å². The molecule has 0 saturated heterocycles. The zero-order chi connectivity index (χ0) is 15.9. The van der Waals surface area contributed by atoms with Crippen LogP contribution in [0.2, 0.25) is 0 Å². The van der Waals surface area contributed by atoms with Gasteiger partial charge in [-0.15, -0.1) is 0 Å². The van der Waals surface area contributed by atoms with Crippen LogP contribution >= 0.6 is 79.6 Å². The number of phenols is 2. The third-order valence-corrected chi connectivity index (χ3v) is 6.99. The quantitative estimate of drug-likeness (QED) is 0.360. The van der Waals surface area contributed by atoms with Crippen molar-refractivity contribution in [1.82, 2.24) is 0 Å². The minimum atomic E-state index is -0.0742. The molecule has 21 heavy (non-hydrogen) atoms. The number of rotatable bonds is 2. The summed E-state index contributed by atoms with van der Waals surface area (Å²) >= 11 is 16.6. The second-order valence-electron chi connectivity index (χ2n) is 4.08. The maximum atomic E-state index is 10.2. The summed E-state index contributed by atoms with van der Waals surface area (Å²) in [6.07, 6.45) is 0. The molecule has 0 saturated carbocycles. The molecule has 2 rings (SSSR count). The first kappa shape index (κ1) is 17.6. The van der Waals surface area contributed by atoms with Crippen molar-refractivity contribution >= 4 is 79.6 Å². The molecule has 0 spiro atoms. The van der Waals surface area contributed by atoms with E-state index in [9.17, 15) is 10.2 Å². The molecule has 8 heteroatoms. The van der Waals surface area contributed by atoms with Gasteiger partial charge in [0.2, 0.25) is 0 Å². The minimum absolute atomic E-state index is 0.0544. The first-order valence-electron chi connectivity index (χ1n) is 5.46. The summed E-state index contributed by atoms with van der Waals surface area (Å²) in [5, 5.41) is 20.3. The van der Waals surface area contributed by atoms with Crippen LogP contribution in [0.3, 0.4) is 0 Å². The highest BCUT2D eigenvalue weighted by molar-refractivity contribution is 9.13. The SMILES string of the molecule is Cc1c(Br)c(Br)c(O)c(Oc2cc(Br)cc(Br)c2O)c1Br. The Balaban J connectivity index is 2.60. The number of hydrogen-bond acceptors (Lipinski definition) is 3. The highest BCUT2D eigenvalue weighted by Crippen LogP contribution is 2.50. The van der Waals surface area contributed by atoms with Gasteiger partial charge in [-0.05, 0) is 88.3 Å². The lowest BCUT2D eigenvalue weighted by atomic mass is 10.2. The molecule has 0 aliphatic carbocycles. The molecule has 0 aromatic heterocycles. The van der Waals surface area contributed by atoms with Crippen LogP contribution in [0, 0.1) is 6.92 Å². The first-order valence-corrected chi connectivity index (χ1v) is 9.42.